The lowest BCUT2D eigenvalue weighted by atomic mass is 10.2. The van der Waals surface area contributed by atoms with Gasteiger partial charge in [-0.25, -0.2) is 4.98 Å². The van der Waals surface area contributed by atoms with Crippen LogP contribution >= 0.6 is 27.5 Å². The molecule has 1 heterocycles. The summed E-state index contributed by atoms with van der Waals surface area (Å²) >= 11 is 9.30. The Morgan fingerprint density at radius 3 is 2.67 bits per heavy atom. The molecule has 0 saturated heterocycles. The first-order valence-electron chi connectivity index (χ1n) is 8.94. The Bertz CT molecular complexity index is 1210. The maximum atomic E-state index is 12.2. The van der Waals surface area contributed by atoms with Gasteiger partial charge in [0.1, 0.15) is 17.0 Å². The van der Waals surface area contributed by atoms with Crippen LogP contribution in [0.4, 0.5) is 5.69 Å². The van der Waals surface area contributed by atoms with Gasteiger partial charge in [-0.15, -0.1) is 0 Å². The van der Waals surface area contributed by atoms with Crippen LogP contribution in [0.2, 0.25) is 5.02 Å². The Morgan fingerprint density at radius 1 is 1.13 bits per heavy atom. The summed E-state index contributed by atoms with van der Waals surface area (Å²) in [6.45, 7) is -0.121. The third kappa shape index (κ3) is 4.58. The average molecular weight is 488 g/mol. The number of carbonyl (C=O) groups is 1. The van der Waals surface area contributed by atoms with E-state index in [0.29, 0.717) is 33.4 Å². The lowest BCUT2D eigenvalue weighted by Crippen LogP contribution is -2.20. The molecule has 30 heavy (non-hydrogen) atoms. The van der Waals surface area contributed by atoms with Crippen LogP contribution in [-0.4, -0.2) is 24.6 Å². The van der Waals surface area contributed by atoms with E-state index in [1.54, 1.807) is 49.6 Å². The van der Waals surface area contributed by atoms with Gasteiger partial charge in [0.15, 0.2) is 12.2 Å². The molecule has 1 aromatic heterocycles. The van der Waals surface area contributed by atoms with Gasteiger partial charge in [0, 0.05) is 16.3 Å². The molecular formula is C22H16BrClN2O4. The van der Waals surface area contributed by atoms with E-state index in [1.807, 2.05) is 18.2 Å². The molecular weight excluding hydrogens is 472 g/mol. The van der Waals surface area contributed by atoms with Crippen molar-refractivity contribution in [2.24, 2.45) is 0 Å². The van der Waals surface area contributed by atoms with Crippen molar-refractivity contribution >= 4 is 50.2 Å². The molecule has 3 aromatic carbocycles. The number of oxazole rings is 1. The van der Waals surface area contributed by atoms with Crippen LogP contribution in [0.15, 0.2) is 69.6 Å². The molecule has 0 fully saturated rings. The number of methoxy groups -OCH3 is 1. The van der Waals surface area contributed by atoms with Gasteiger partial charge >= 0.3 is 0 Å². The van der Waals surface area contributed by atoms with E-state index in [0.717, 1.165) is 15.8 Å². The van der Waals surface area contributed by atoms with Crippen LogP contribution in [-0.2, 0) is 4.79 Å². The number of hydrogen-bond donors (Lipinski definition) is 1. The zero-order chi connectivity index (χ0) is 21.1. The van der Waals surface area contributed by atoms with Crippen LogP contribution in [0.3, 0.4) is 0 Å². The second-order valence-corrected chi connectivity index (χ2v) is 7.63. The molecule has 8 heteroatoms. The molecule has 6 nitrogen and oxygen atoms in total. The number of aromatic nitrogens is 1. The standard InChI is InChI=1S/C22H16BrClN2O4/c1-28-19-8-2-13(10-17(19)23)22-26-18-11-15(5-9-20(18)30-22)25-21(27)12-29-16-6-3-14(24)4-7-16/h2-11H,12H2,1H3,(H,25,27). The second kappa shape index (κ2) is 8.77. The van der Waals surface area contributed by atoms with E-state index in [2.05, 4.69) is 26.2 Å². The largest absolute Gasteiger partial charge is 0.496 e. The highest BCUT2D eigenvalue weighted by Crippen LogP contribution is 2.32. The smallest absolute Gasteiger partial charge is 0.262 e. The Morgan fingerprint density at radius 2 is 1.93 bits per heavy atom. The molecule has 0 aliphatic heterocycles. The van der Waals surface area contributed by atoms with Gasteiger partial charge in [-0.1, -0.05) is 11.6 Å². The summed E-state index contributed by atoms with van der Waals surface area (Å²) in [5, 5.41) is 3.40. The monoisotopic (exact) mass is 486 g/mol. The van der Waals surface area contributed by atoms with Crippen LogP contribution < -0.4 is 14.8 Å². The number of amides is 1. The first kappa shape index (κ1) is 20.3. The molecule has 0 unspecified atom stereocenters. The molecule has 1 N–H and O–H groups in total. The van der Waals surface area contributed by atoms with Gasteiger partial charge in [0.2, 0.25) is 5.89 Å². The van der Waals surface area contributed by atoms with E-state index < -0.39 is 0 Å². The quantitative estimate of drug-likeness (QED) is 0.364. The van der Waals surface area contributed by atoms with Crippen molar-refractivity contribution in [2.45, 2.75) is 0 Å². The highest BCUT2D eigenvalue weighted by molar-refractivity contribution is 9.10. The normalized spacial score (nSPS) is 10.8. The first-order valence-corrected chi connectivity index (χ1v) is 10.1. The summed E-state index contributed by atoms with van der Waals surface area (Å²) in [5.74, 6) is 1.48. The third-order valence-electron chi connectivity index (χ3n) is 4.25. The van der Waals surface area contributed by atoms with Gasteiger partial charge in [0.25, 0.3) is 5.91 Å². The zero-order valence-electron chi connectivity index (χ0n) is 15.8. The molecule has 1 amide bonds. The number of hydrogen-bond acceptors (Lipinski definition) is 5. The van der Waals surface area contributed by atoms with Crippen molar-refractivity contribution in [1.82, 2.24) is 4.98 Å². The summed E-state index contributed by atoms with van der Waals surface area (Å²) in [5.41, 5.74) is 2.66. The van der Waals surface area contributed by atoms with Crippen LogP contribution in [0.5, 0.6) is 11.5 Å². The number of rotatable bonds is 6. The van der Waals surface area contributed by atoms with Gasteiger partial charge in [-0.3, -0.25) is 4.79 Å². The number of ether oxygens (including phenoxy) is 2. The van der Waals surface area contributed by atoms with Crippen molar-refractivity contribution in [1.29, 1.82) is 0 Å². The number of anilines is 1. The van der Waals surface area contributed by atoms with Crippen molar-refractivity contribution < 1.29 is 18.7 Å². The fraction of sp³-hybridized carbons (Fsp3) is 0.0909. The minimum absolute atomic E-state index is 0.121. The predicted octanol–water partition coefficient (Wildman–Crippen LogP) is 5.94. The van der Waals surface area contributed by atoms with Crippen molar-refractivity contribution in [2.75, 3.05) is 19.0 Å². The maximum absolute atomic E-state index is 12.2. The number of nitrogens with one attached hydrogen (secondary N) is 1. The van der Waals surface area contributed by atoms with E-state index in [1.165, 1.54) is 0 Å². The molecule has 0 atom stereocenters. The lowest BCUT2D eigenvalue weighted by molar-refractivity contribution is -0.118. The predicted molar refractivity (Wildman–Crippen MR) is 119 cm³/mol. The van der Waals surface area contributed by atoms with Crippen LogP contribution in [0.25, 0.3) is 22.6 Å². The molecule has 4 aromatic rings. The van der Waals surface area contributed by atoms with E-state index in [9.17, 15) is 4.79 Å². The number of carbonyl (C=O) groups excluding carboxylic acids is 1. The van der Waals surface area contributed by atoms with Crippen molar-refractivity contribution in [3.05, 3.63) is 70.2 Å². The molecule has 0 aliphatic rings. The van der Waals surface area contributed by atoms with Crippen LogP contribution in [0.1, 0.15) is 0 Å². The molecule has 0 radical (unpaired) electrons. The lowest BCUT2D eigenvalue weighted by Gasteiger charge is -2.07. The molecule has 0 aliphatic carbocycles. The van der Waals surface area contributed by atoms with Gasteiger partial charge in [0.05, 0.1) is 11.6 Å². The van der Waals surface area contributed by atoms with Crippen LogP contribution in [0, 0.1) is 0 Å². The summed E-state index contributed by atoms with van der Waals surface area (Å²) < 4.78 is 17.3. The molecule has 152 valence electrons. The van der Waals surface area contributed by atoms with Gasteiger partial charge < -0.3 is 19.2 Å². The number of fused-ring (bicyclic) bond motifs is 1. The van der Waals surface area contributed by atoms with E-state index >= 15 is 0 Å². The Hall–Kier alpha value is -3.03. The Balaban J connectivity index is 1.46. The molecule has 0 bridgehead atoms. The average Bonchev–Trinajstić information content (AvgIpc) is 3.17. The fourth-order valence-corrected chi connectivity index (χ4v) is 3.47. The first-order chi connectivity index (χ1) is 14.5. The molecule has 0 spiro atoms. The zero-order valence-corrected chi connectivity index (χ0v) is 18.2. The van der Waals surface area contributed by atoms with E-state index in [4.69, 9.17) is 25.5 Å². The second-order valence-electron chi connectivity index (χ2n) is 6.34. The highest BCUT2D eigenvalue weighted by Gasteiger charge is 2.12. The third-order valence-corrected chi connectivity index (χ3v) is 5.13. The summed E-state index contributed by atoms with van der Waals surface area (Å²) in [6.07, 6.45) is 0. The molecule has 4 rings (SSSR count). The fourth-order valence-electron chi connectivity index (χ4n) is 2.80. The Kier molecular flexibility index (Phi) is 5.92. The SMILES string of the molecule is COc1ccc(-c2nc3cc(NC(=O)COc4ccc(Cl)cc4)ccc3o2)cc1Br. The number of halogens is 2. The minimum Gasteiger partial charge on any atom is -0.496 e. The molecule has 0 saturated carbocycles. The van der Waals surface area contributed by atoms with Crippen molar-refractivity contribution in [3.63, 3.8) is 0 Å². The van der Waals surface area contributed by atoms with Gasteiger partial charge in [-0.2, -0.15) is 0 Å². The van der Waals surface area contributed by atoms with Crippen molar-refractivity contribution in [3.8, 4) is 23.0 Å². The Labute approximate surface area is 185 Å². The topological polar surface area (TPSA) is 73.6 Å². The maximum Gasteiger partial charge on any atom is 0.262 e. The van der Waals surface area contributed by atoms with Gasteiger partial charge in [-0.05, 0) is 76.6 Å². The highest BCUT2D eigenvalue weighted by atomic mass is 79.9. The number of nitrogens with zero attached hydrogens (tertiary/aromatic N) is 1. The summed E-state index contributed by atoms with van der Waals surface area (Å²) in [7, 11) is 1.61. The summed E-state index contributed by atoms with van der Waals surface area (Å²) in [4.78, 5) is 16.7. The minimum atomic E-state index is -0.285. The number of benzene rings is 3. The van der Waals surface area contributed by atoms with E-state index in [-0.39, 0.29) is 12.5 Å². The summed E-state index contributed by atoms with van der Waals surface area (Å²) in [6, 6.07) is 17.7.